The van der Waals surface area contributed by atoms with Crippen LogP contribution >= 0.6 is 0 Å². The van der Waals surface area contributed by atoms with Gasteiger partial charge >= 0.3 is 0 Å². The minimum absolute atomic E-state index is 0.141. The van der Waals surface area contributed by atoms with E-state index in [1.165, 1.54) is 0 Å². The lowest BCUT2D eigenvalue weighted by molar-refractivity contribution is -0.110. The zero-order valence-electron chi connectivity index (χ0n) is 4.90. The van der Waals surface area contributed by atoms with Gasteiger partial charge in [-0.3, -0.25) is 0 Å². The van der Waals surface area contributed by atoms with E-state index in [4.69, 9.17) is 15.3 Å². The Labute approximate surface area is 52.7 Å². The van der Waals surface area contributed by atoms with Gasteiger partial charge in [-0.1, -0.05) is 0 Å². The molecule has 3 N–H and O–H groups in total. The molecule has 1 aliphatic rings. The predicted octanol–water partition coefficient (Wildman–Crippen LogP) is -1.70. The monoisotopic (exact) mass is 134 g/mol. The molecule has 1 saturated heterocycles. The van der Waals surface area contributed by atoms with Crippen LogP contribution in [0.5, 0.6) is 0 Å². The van der Waals surface area contributed by atoms with Crippen molar-refractivity contribution in [2.45, 2.75) is 12.4 Å². The molecular formula is C5H10O4. The number of aliphatic hydroxyl groups excluding tert-OH is 3. The molecule has 0 spiro atoms. The van der Waals surface area contributed by atoms with E-state index in [1.807, 2.05) is 0 Å². The van der Waals surface area contributed by atoms with Crippen molar-refractivity contribution in [3.63, 3.8) is 0 Å². The molecule has 3 atom stereocenters. The predicted molar refractivity (Wildman–Crippen MR) is 28.5 cm³/mol. The van der Waals surface area contributed by atoms with Crippen LogP contribution in [0.1, 0.15) is 0 Å². The smallest absolute Gasteiger partial charge is 0.181 e. The number of hydrogen-bond acceptors (Lipinski definition) is 4. The highest BCUT2D eigenvalue weighted by molar-refractivity contribution is 4.75. The van der Waals surface area contributed by atoms with Crippen molar-refractivity contribution in [3.8, 4) is 0 Å². The lowest BCUT2D eigenvalue weighted by atomic mass is 10.1. The Morgan fingerprint density at radius 1 is 1.44 bits per heavy atom. The van der Waals surface area contributed by atoms with Crippen LogP contribution in [0.3, 0.4) is 0 Å². The quantitative estimate of drug-likeness (QED) is 0.400. The van der Waals surface area contributed by atoms with E-state index in [2.05, 4.69) is 4.74 Å². The van der Waals surface area contributed by atoms with Gasteiger partial charge in [0.05, 0.1) is 13.2 Å². The van der Waals surface area contributed by atoms with Crippen LogP contribution in [0, 0.1) is 5.92 Å². The van der Waals surface area contributed by atoms with Crippen molar-refractivity contribution in [1.82, 2.24) is 0 Å². The fourth-order valence-electron chi connectivity index (χ4n) is 0.813. The molecule has 4 heteroatoms. The van der Waals surface area contributed by atoms with Gasteiger partial charge in [-0.05, 0) is 0 Å². The van der Waals surface area contributed by atoms with Gasteiger partial charge in [-0.25, -0.2) is 0 Å². The standard InChI is InChI=1S/C5H10O4/c6-1-3-2-9-5(8)4(3)7/h3-8H,1-2H2/t3-,4+,5+/m1/s1. The lowest BCUT2D eigenvalue weighted by Crippen LogP contribution is -2.27. The second-order valence-electron chi connectivity index (χ2n) is 2.16. The summed E-state index contributed by atoms with van der Waals surface area (Å²) >= 11 is 0. The summed E-state index contributed by atoms with van der Waals surface area (Å²) in [4.78, 5) is 0. The molecule has 1 rings (SSSR count). The summed E-state index contributed by atoms with van der Waals surface area (Å²) in [5, 5.41) is 26.1. The number of ether oxygens (including phenoxy) is 1. The Kier molecular flexibility index (Phi) is 2.02. The molecule has 54 valence electrons. The molecule has 0 saturated carbocycles. The molecule has 0 unspecified atom stereocenters. The molecule has 1 fully saturated rings. The van der Waals surface area contributed by atoms with Gasteiger partial charge in [-0.15, -0.1) is 0 Å². The average Bonchev–Trinajstić information content (AvgIpc) is 2.15. The van der Waals surface area contributed by atoms with Crippen LogP contribution < -0.4 is 0 Å². The summed E-state index contributed by atoms with van der Waals surface area (Å²) in [7, 11) is 0. The van der Waals surface area contributed by atoms with Gasteiger partial charge in [0.25, 0.3) is 0 Å². The van der Waals surface area contributed by atoms with E-state index >= 15 is 0 Å². The number of aliphatic hydroxyl groups is 3. The summed E-state index contributed by atoms with van der Waals surface area (Å²) in [5.41, 5.74) is 0. The second-order valence-corrected chi connectivity index (χ2v) is 2.16. The van der Waals surface area contributed by atoms with Gasteiger partial charge in [0, 0.05) is 5.92 Å². The largest absolute Gasteiger partial charge is 0.396 e. The van der Waals surface area contributed by atoms with Gasteiger partial charge in [0.15, 0.2) is 6.29 Å². The zero-order valence-corrected chi connectivity index (χ0v) is 4.90. The van der Waals surface area contributed by atoms with Crippen molar-refractivity contribution < 1.29 is 20.1 Å². The maximum Gasteiger partial charge on any atom is 0.181 e. The summed E-state index contributed by atoms with van der Waals surface area (Å²) < 4.78 is 4.61. The molecule has 0 aliphatic carbocycles. The van der Waals surface area contributed by atoms with Crippen molar-refractivity contribution in [1.29, 1.82) is 0 Å². The third kappa shape index (κ3) is 1.21. The zero-order chi connectivity index (χ0) is 6.85. The topological polar surface area (TPSA) is 69.9 Å². The van der Waals surface area contributed by atoms with E-state index in [0.717, 1.165) is 0 Å². The van der Waals surface area contributed by atoms with Crippen LogP contribution in [0.15, 0.2) is 0 Å². The van der Waals surface area contributed by atoms with Gasteiger partial charge in [0.1, 0.15) is 6.10 Å². The van der Waals surface area contributed by atoms with Crippen molar-refractivity contribution in [3.05, 3.63) is 0 Å². The molecule has 9 heavy (non-hydrogen) atoms. The first-order valence-corrected chi connectivity index (χ1v) is 2.84. The third-order valence-corrected chi connectivity index (χ3v) is 1.49. The Morgan fingerprint density at radius 3 is 2.33 bits per heavy atom. The summed E-state index contributed by atoms with van der Waals surface area (Å²) in [6.07, 6.45) is -2.03. The highest BCUT2D eigenvalue weighted by atomic mass is 16.6. The van der Waals surface area contributed by atoms with Crippen LogP contribution in [0.25, 0.3) is 0 Å². The number of hydrogen-bond donors (Lipinski definition) is 3. The van der Waals surface area contributed by atoms with Crippen LogP contribution in [0.4, 0.5) is 0 Å². The molecule has 0 aromatic carbocycles. The summed E-state index contributed by atoms with van der Waals surface area (Å²) in [5.74, 6) is -0.319. The first-order valence-electron chi connectivity index (χ1n) is 2.84. The minimum Gasteiger partial charge on any atom is -0.396 e. The first-order chi connectivity index (χ1) is 4.25. The lowest BCUT2D eigenvalue weighted by Gasteiger charge is -2.09. The van der Waals surface area contributed by atoms with E-state index in [-0.39, 0.29) is 19.1 Å². The highest BCUT2D eigenvalue weighted by Crippen LogP contribution is 2.17. The average molecular weight is 134 g/mol. The van der Waals surface area contributed by atoms with Crippen LogP contribution in [-0.4, -0.2) is 40.9 Å². The van der Waals surface area contributed by atoms with Gasteiger partial charge in [0.2, 0.25) is 0 Å². The van der Waals surface area contributed by atoms with E-state index in [1.54, 1.807) is 0 Å². The fourth-order valence-corrected chi connectivity index (χ4v) is 0.813. The Morgan fingerprint density at radius 2 is 2.11 bits per heavy atom. The maximum absolute atomic E-state index is 8.92. The minimum atomic E-state index is -1.11. The molecular weight excluding hydrogens is 124 g/mol. The number of rotatable bonds is 1. The SMILES string of the molecule is OC[C@@H]1CO[C@H](O)[C@H]1O. The fraction of sp³-hybridized carbons (Fsp3) is 1.00. The Hall–Kier alpha value is -0.160. The summed E-state index contributed by atoms with van der Waals surface area (Å²) in [6, 6.07) is 0. The molecule has 0 bridgehead atoms. The van der Waals surface area contributed by atoms with Crippen molar-refractivity contribution in [2.24, 2.45) is 5.92 Å². The molecule has 4 nitrogen and oxygen atoms in total. The molecule has 0 aromatic heterocycles. The first kappa shape index (κ1) is 6.95. The summed E-state index contributed by atoms with van der Waals surface area (Å²) in [6.45, 7) is 0.0943. The van der Waals surface area contributed by atoms with Crippen LogP contribution in [-0.2, 0) is 4.74 Å². The third-order valence-electron chi connectivity index (χ3n) is 1.49. The van der Waals surface area contributed by atoms with Gasteiger partial charge in [-0.2, -0.15) is 0 Å². The molecule has 0 aromatic rings. The molecule has 1 heterocycles. The van der Waals surface area contributed by atoms with E-state index < -0.39 is 12.4 Å². The molecule has 0 amide bonds. The van der Waals surface area contributed by atoms with Crippen molar-refractivity contribution in [2.75, 3.05) is 13.2 Å². The maximum atomic E-state index is 8.92. The second kappa shape index (κ2) is 2.62. The Bertz CT molecular complexity index is 95.0. The van der Waals surface area contributed by atoms with Crippen LogP contribution in [0.2, 0.25) is 0 Å². The molecule has 1 aliphatic heterocycles. The normalized spacial score (nSPS) is 43.7. The molecule has 0 radical (unpaired) electrons. The highest BCUT2D eigenvalue weighted by Gasteiger charge is 2.33. The van der Waals surface area contributed by atoms with E-state index in [0.29, 0.717) is 0 Å². The van der Waals surface area contributed by atoms with Crippen molar-refractivity contribution >= 4 is 0 Å². The Balaban J connectivity index is 2.41. The van der Waals surface area contributed by atoms with E-state index in [9.17, 15) is 0 Å². The van der Waals surface area contributed by atoms with Gasteiger partial charge < -0.3 is 20.1 Å².